The summed E-state index contributed by atoms with van der Waals surface area (Å²) in [5.74, 6) is -0.421. The lowest BCUT2D eigenvalue weighted by Crippen LogP contribution is -2.24. The molecule has 0 aromatic heterocycles. The summed E-state index contributed by atoms with van der Waals surface area (Å²) in [6.45, 7) is -0.303. The SMILES string of the molecule is O=C(COc1ccc(Cl)cc1Cl)N/N=C\c1cc(Br)ccc1OC(=O)c1ccc(Br)cc1. The Kier molecular flexibility index (Phi) is 8.69. The van der Waals surface area contributed by atoms with Gasteiger partial charge in [-0.15, -0.1) is 0 Å². The third kappa shape index (κ3) is 7.06. The van der Waals surface area contributed by atoms with Crippen LogP contribution in [0.2, 0.25) is 10.0 Å². The number of hydrogen-bond acceptors (Lipinski definition) is 5. The summed E-state index contributed by atoms with van der Waals surface area (Å²) < 4.78 is 12.4. The van der Waals surface area contributed by atoms with E-state index in [1.54, 1.807) is 54.6 Å². The fourth-order valence-electron chi connectivity index (χ4n) is 2.40. The largest absolute Gasteiger partial charge is 0.482 e. The molecule has 32 heavy (non-hydrogen) atoms. The molecule has 0 aliphatic carbocycles. The van der Waals surface area contributed by atoms with Gasteiger partial charge in [0.15, 0.2) is 6.61 Å². The second-order valence-electron chi connectivity index (χ2n) is 6.24. The van der Waals surface area contributed by atoms with Crippen molar-refractivity contribution in [1.82, 2.24) is 5.43 Å². The fourth-order valence-corrected chi connectivity index (χ4v) is 3.51. The van der Waals surface area contributed by atoms with Crippen molar-refractivity contribution in [1.29, 1.82) is 0 Å². The highest BCUT2D eigenvalue weighted by molar-refractivity contribution is 9.10. The van der Waals surface area contributed by atoms with Gasteiger partial charge in [-0.25, -0.2) is 10.2 Å². The lowest BCUT2D eigenvalue weighted by atomic mass is 10.2. The highest BCUT2D eigenvalue weighted by atomic mass is 79.9. The maximum atomic E-state index is 12.4. The Hall–Kier alpha value is -2.39. The van der Waals surface area contributed by atoms with Crippen LogP contribution in [0.5, 0.6) is 11.5 Å². The predicted octanol–water partition coefficient (Wildman–Crippen LogP) is 6.27. The summed E-state index contributed by atoms with van der Waals surface area (Å²) in [6, 6.07) is 16.5. The molecule has 3 aromatic rings. The summed E-state index contributed by atoms with van der Waals surface area (Å²) in [6.07, 6.45) is 1.36. The topological polar surface area (TPSA) is 77.0 Å². The van der Waals surface area contributed by atoms with Gasteiger partial charge >= 0.3 is 5.97 Å². The first-order chi connectivity index (χ1) is 15.3. The van der Waals surface area contributed by atoms with Crippen molar-refractivity contribution in [3.05, 3.63) is 90.8 Å². The molecule has 0 saturated carbocycles. The van der Waals surface area contributed by atoms with E-state index in [1.807, 2.05) is 0 Å². The van der Waals surface area contributed by atoms with Gasteiger partial charge in [0.1, 0.15) is 11.5 Å². The lowest BCUT2D eigenvalue weighted by molar-refractivity contribution is -0.123. The van der Waals surface area contributed by atoms with Crippen LogP contribution in [-0.2, 0) is 4.79 Å². The highest BCUT2D eigenvalue weighted by Gasteiger charge is 2.12. The minimum absolute atomic E-state index is 0.281. The van der Waals surface area contributed by atoms with E-state index in [4.69, 9.17) is 32.7 Å². The van der Waals surface area contributed by atoms with E-state index in [1.165, 1.54) is 12.3 Å². The number of hydrogen-bond donors (Lipinski definition) is 1. The Morgan fingerprint density at radius 1 is 0.938 bits per heavy atom. The third-order valence-electron chi connectivity index (χ3n) is 3.90. The second kappa shape index (κ2) is 11.5. The number of nitrogens with one attached hydrogen (secondary N) is 1. The third-order valence-corrected chi connectivity index (χ3v) is 5.45. The number of esters is 1. The number of carbonyl (C=O) groups excluding carboxylic acids is 2. The van der Waals surface area contributed by atoms with Crippen LogP contribution in [0.4, 0.5) is 0 Å². The quantitative estimate of drug-likeness (QED) is 0.150. The molecule has 1 amide bonds. The molecule has 10 heteroatoms. The fraction of sp³-hybridized carbons (Fsp3) is 0.0455. The van der Waals surface area contributed by atoms with Gasteiger partial charge in [0.2, 0.25) is 0 Å². The molecule has 3 aromatic carbocycles. The van der Waals surface area contributed by atoms with Crippen LogP contribution in [0.15, 0.2) is 74.7 Å². The number of nitrogens with zero attached hydrogens (tertiary/aromatic N) is 1. The van der Waals surface area contributed by atoms with Gasteiger partial charge in [0.25, 0.3) is 5.91 Å². The molecule has 0 aliphatic rings. The van der Waals surface area contributed by atoms with Crippen molar-refractivity contribution in [3.63, 3.8) is 0 Å². The summed E-state index contributed by atoms with van der Waals surface area (Å²) in [7, 11) is 0. The maximum Gasteiger partial charge on any atom is 0.343 e. The average Bonchev–Trinajstić information content (AvgIpc) is 2.75. The van der Waals surface area contributed by atoms with Crippen molar-refractivity contribution in [2.24, 2.45) is 5.10 Å². The zero-order valence-corrected chi connectivity index (χ0v) is 20.8. The van der Waals surface area contributed by atoms with Crippen molar-refractivity contribution < 1.29 is 19.1 Å². The normalized spacial score (nSPS) is 10.8. The van der Waals surface area contributed by atoms with Crippen molar-refractivity contribution >= 4 is 73.2 Å². The zero-order chi connectivity index (χ0) is 23.1. The van der Waals surface area contributed by atoms with Crippen LogP contribution in [0.25, 0.3) is 0 Å². The van der Waals surface area contributed by atoms with Gasteiger partial charge in [-0.05, 0) is 60.7 Å². The lowest BCUT2D eigenvalue weighted by Gasteiger charge is -2.09. The number of halogens is 4. The molecule has 0 unspecified atom stereocenters. The molecular formula is C22H14Br2Cl2N2O4. The van der Waals surface area contributed by atoms with E-state index in [-0.39, 0.29) is 12.4 Å². The number of benzene rings is 3. The van der Waals surface area contributed by atoms with Gasteiger partial charge in [-0.1, -0.05) is 55.1 Å². The summed E-state index contributed by atoms with van der Waals surface area (Å²) >= 11 is 18.5. The van der Waals surface area contributed by atoms with Crippen LogP contribution in [0.3, 0.4) is 0 Å². The van der Waals surface area contributed by atoms with E-state index in [2.05, 4.69) is 42.4 Å². The van der Waals surface area contributed by atoms with Gasteiger partial charge in [-0.3, -0.25) is 4.79 Å². The molecule has 0 spiro atoms. The van der Waals surface area contributed by atoms with Crippen molar-refractivity contribution in [3.8, 4) is 11.5 Å². The molecule has 0 heterocycles. The monoisotopic (exact) mass is 598 g/mol. The molecule has 0 fully saturated rings. The smallest absolute Gasteiger partial charge is 0.343 e. The van der Waals surface area contributed by atoms with Gasteiger partial charge in [0, 0.05) is 19.5 Å². The van der Waals surface area contributed by atoms with Crippen molar-refractivity contribution in [2.45, 2.75) is 0 Å². The van der Waals surface area contributed by atoms with Crippen LogP contribution >= 0.6 is 55.1 Å². The van der Waals surface area contributed by atoms with Gasteiger partial charge < -0.3 is 9.47 Å². The van der Waals surface area contributed by atoms with E-state index >= 15 is 0 Å². The molecule has 1 N–H and O–H groups in total. The Labute approximate surface area is 210 Å². The summed E-state index contributed by atoms with van der Waals surface area (Å²) in [5, 5.41) is 4.66. The molecule has 0 aliphatic heterocycles. The van der Waals surface area contributed by atoms with Crippen LogP contribution in [0.1, 0.15) is 15.9 Å². The minimum atomic E-state index is -0.522. The first kappa shape index (κ1) is 24.3. The first-order valence-electron chi connectivity index (χ1n) is 8.99. The number of carbonyl (C=O) groups is 2. The standard InChI is InChI=1S/C22H14Br2Cl2N2O4/c23-15-3-1-13(2-4-15)22(30)32-19-7-5-16(24)9-14(19)11-27-28-21(29)12-31-20-8-6-17(25)10-18(20)26/h1-11H,12H2,(H,28,29)/b27-11-. The van der Waals surface area contributed by atoms with E-state index in [0.717, 1.165) is 8.95 Å². The van der Waals surface area contributed by atoms with E-state index in [0.29, 0.717) is 26.9 Å². The Balaban J connectivity index is 1.62. The Morgan fingerprint density at radius 3 is 2.34 bits per heavy atom. The number of hydrazone groups is 1. The molecule has 6 nitrogen and oxygen atoms in total. The average molecular weight is 601 g/mol. The molecule has 0 radical (unpaired) electrons. The van der Waals surface area contributed by atoms with Gasteiger partial charge in [-0.2, -0.15) is 5.10 Å². The predicted molar refractivity (Wildman–Crippen MR) is 131 cm³/mol. The van der Waals surface area contributed by atoms with Crippen LogP contribution in [-0.4, -0.2) is 24.7 Å². The van der Waals surface area contributed by atoms with Gasteiger partial charge in [0.05, 0.1) is 16.8 Å². The van der Waals surface area contributed by atoms with Crippen molar-refractivity contribution in [2.75, 3.05) is 6.61 Å². The zero-order valence-electron chi connectivity index (χ0n) is 16.2. The van der Waals surface area contributed by atoms with Crippen LogP contribution in [0, 0.1) is 0 Å². The molecular weight excluding hydrogens is 587 g/mol. The summed E-state index contributed by atoms with van der Waals surface area (Å²) in [5.41, 5.74) is 3.22. The highest BCUT2D eigenvalue weighted by Crippen LogP contribution is 2.27. The minimum Gasteiger partial charge on any atom is -0.482 e. The number of amides is 1. The number of rotatable bonds is 7. The Bertz CT molecular complexity index is 1170. The molecule has 0 bridgehead atoms. The number of ether oxygens (including phenoxy) is 2. The van der Waals surface area contributed by atoms with E-state index in [9.17, 15) is 9.59 Å². The Morgan fingerprint density at radius 2 is 1.62 bits per heavy atom. The molecule has 0 atom stereocenters. The maximum absolute atomic E-state index is 12.4. The van der Waals surface area contributed by atoms with E-state index < -0.39 is 11.9 Å². The molecule has 164 valence electrons. The first-order valence-corrected chi connectivity index (χ1v) is 11.3. The molecule has 3 rings (SSSR count). The molecule has 0 saturated heterocycles. The van der Waals surface area contributed by atoms with Crippen LogP contribution < -0.4 is 14.9 Å². The summed E-state index contributed by atoms with van der Waals surface area (Å²) in [4.78, 5) is 24.4. The second-order valence-corrected chi connectivity index (χ2v) is 8.91.